The van der Waals surface area contributed by atoms with Gasteiger partial charge in [0.05, 0.1) is 0 Å². The molecule has 0 saturated heterocycles. The van der Waals surface area contributed by atoms with Gasteiger partial charge in [-0.3, -0.25) is 5.32 Å². The molecule has 2 aromatic rings. The highest BCUT2D eigenvalue weighted by Gasteiger charge is 2.30. The molecule has 0 saturated carbocycles. The first-order valence-corrected chi connectivity index (χ1v) is 12.3. The number of nitrogens with one attached hydrogen (secondary N) is 2. The van der Waals surface area contributed by atoms with Gasteiger partial charge >= 0.3 is 24.1 Å². The summed E-state index contributed by atoms with van der Waals surface area (Å²) in [6, 6.07) is 13.5. The summed E-state index contributed by atoms with van der Waals surface area (Å²) in [6.45, 7) is 9.47. The molecule has 0 aromatic heterocycles. The zero-order chi connectivity index (χ0) is 29.2. The second-order valence-electron chi connectivity index (χ2n) is 10.6. The van der Waals surface area contributed by atoms with Crippen molar-refractivity contribution in [3.05, 3.63) is 65.7 Å². The average molecular weight is 545 g/mol. The van der Waals surface area contributed by atoms with Gasteiger partial charge in [0.2, 0.25) is 0 Å². The van der Waals surface area contributed by atoms with Crippen molar-refractivity contribution in [2.45, 2.75) is 71.5 Å². The fourth-order valence-corrected chi connectivity index (χ4v) is 3.00. The summed E-state index contributed by atoms with van der Waals surface area (Å²) in [5, 5.41) is 15.1. The zero-order valence-electron chi connectivity index (χ0n) is 23.0. The molecule has 0 aliphatic heterocycles. The maximum Gasteiger partial charge on any atom is 0.411 e. The molecule has 1 unspecified atom stereocenters. The highest BCUT2D eigenvalue weighted by molar-refractivity contribution is 5.86. The lowest BCUT2D eigenvalue weighted by Crippen LogP contribution is -2.48. The van der Waals surface area contributed by atoms with Gasteiger partial charge in [-0.15, -0.1) is 0 Å². The summed E-state index contributed by atoms with van der Waals surface area (Å²) in [5.74, 6) is -1.62. The number of aliphatic hydroxyl groups excluding tert-OH is 1. The largest absolute Gasteiger partial charge is 0.459 e. The van der Waals surface area contributed by atoms with E-state index in [0.717, 1.165) is 5.56 Å². The molecule has 0 heterocycles. The predicted octanol–water partition coefficient (Wildman–Crippen LogP) is 4.25. The summed E-state index contributed by atoms with van der Waals surface area (Å²) in [4.78, 5) is 49.2. The van der Waals surface area contributed by atoms with E-state index in [2.05, 4.69) is 10.6 Å². The van der Waals surface area contributed by atoms with Crippen LogP contribution in [0, 0.1) is 0 Å². The number of alkyl carbamates (subject to hydrolysis) is 1. The molecule has 0 fully saturated rings. The molecule has 2 aromatic carbocycles. The number of hydrogen-bond acceptors (Lipinski definition) is 9. The maximum absolute atomic E-state index is 12.5. The Hall–Kier alpha value is -4.12. The Morgan fingerprint density at radius 1 is 0.769 bits per heavy atom. The lowest BCUT2D eigenvalue weighted by Gasteiger charge is -2.26. The average Bonchev–Trinajstić information content (AvgIpc) is 2.83. The molecule has 0 radical (unpaired) electrons. The monoisotopic (exact) mass is 544 g/mol. The van der Waals surface area contributed by atoms with Gasteiger partial charge < -0.3 is 29.4 Å². The minimum atomic E-state index is -1.51. The van der Waals surface area contributed by atoms with Crippen LogP contribution in [0.4, 0.5) is 15.3 Å². The number of carbonyl (C=O) groups is 4. The van der Waals surface area contributed by atoms with Crippen molar-refractivity contribution >= 4 is 29.8 Å². The van der Waals surface area contributed by atoms with Gasteiger partial charge in [-0.2, -0.15) is 0 Å². The molecule has 2 atom stereocenters. The van der Waals surface area contributed by atoms with E-state index in [1.807, 2.05) is 18.2 Å². The van der Waals surface area contributed by atoms with Crippen LogP contribution in [0.5, 0.6) is 0 Å². The SMILES string of the molecule is CC(C)(C)OC(=O)N[C@H](COC(=O)Nc1ccc(C(O)C(=O)OCc2ccccc2)cc1)C(=O)OC(C)(C)C. The van der Waals surface area contributed by atoms with Crippen LogP contribution >= 0.6 is 0 Å². The van der Waals surface area contributed by atoms with Crippen molar-refractivity contribution in [2.75, 3.05) is 11.9 Å². The van der Waals surface area contributed by atoms with Crippen molar-refractivity contribution in [3.63, 3.8) is 0 Å². The highest BCUT2D eigenvalue weighted by atomic mass is 16.6. The first kappa shape index (κ1) is 31.1. The van der Waals surface area contributed by atoms with Crippen LogP contribution in [-0.2, 0) is 35.1 Å². The van der Waals surface area contributed by atoms with Gasteiger partial charge in [-0.25, -0.2) is 19.2 Å². The van der Waals surface area contributed by atoms with E-state index in [4.69, 9.17) is 18.9 Å². The lowest BCUT2D eigenvalue weighted by atomic mass is 10.1. The van der Waals surface area contributed by atoms with E-state index in [0.29, 0.717) is 5.69 Å². The maximum atomic E-state index is 12.5. The van der Waals surface area contributed by atoms with Crippen LogP contribution in [0.1, 0.15) is 58.8 Å². The Morgan fingerprint density at radius 3 is 1.92 bits per heavy atom. The number of amides is 2. The third kappa shape index (κ3) is 11.9. The number of ether oxygens (including phenoxy) is 4. The molecule has 0 spiro atoms. The second-order valence-corrected chi connectivity index (χ2v) is 10.6. The molecule has 2 amide bonds. The van der Waals surface area contributed by atoms with Crippen LogP contribution < -0.4 is 10.6 Å². The molecule has 11 heteroatoms. The Labute approximate surface area is 227 Å². The van der Waals surface area contributed by atoms with Crippen LogP contribution in [-0.4, -0.2) is 53.1 Å². The molecule has 0 bridgehead atoms. The first-order chi connectivity index (χ1) is 18.1. The van der Waals surface area contributed by atoms with Gasteiger partial charge in [-0.1, -0.05) is 42.5 Å². The molecule has 3 N–H and O–H groups in total. The molecule has 2 rings (SSSR count). The third-order valence-electron chi connectivity index (χ3n) is 4.68. The van der Waals surface area contributed by atoms with E-state index in [9.17, 15) is 24.3 Å². The fraction of sp³-hybridized carbons (Fsp3) is 0.429. The fourth-order valence-electron chi connectivity index (χ4n) is 3.00. The molecule has 11 nitrogen and oxygen atoms in total. The van der Waals surface area contributed by atoms with E-state index < -0.39 is 54.1 Å². The summed E-state index contributed by atoms with van der Waals surface area (Å²) in [7, 11) is 0. The lowest BCUT2D eigenvalue weighted by molar-refractivity contribution is -0.158. The zero-order valence-corrected chi connectivity index (χ0v) is 23.0. The number of carbonyl (C=O) groups excluding carboxylic acids is 4. The minimum absolute atomic E-state index is 0.0231. The molecule has 0 aliphatic carbocycles. The van der Waals surface area contributed by atoms with Gasteiger partial charge in [0, 0.05) is 5.69 Å². The molecule has 0 aliphatic rings. The van der Waals surface area contributed by atoms with Gasteiger partial charge in [0.25, 0.3) is 0 Å². The molecular formula is C28H36N2O9. The van der Waals surface area contributed by atoms with Gasteiger partial charge in [0.15, 0.2) is 12.1 Å². The number of aliphatic hydroxyl groups is 1. The van der Waals surface area contributed by atoms with E-state index in [1.165, 1.54) is 24.3 Å². The Balaban J connectivity index is 1.92. The van der Waals surface area contributed by atoms with Crippen LogP contribution in [0.25, 0.3) is 0 Å². The summed E-state index contributed by atoms with van der Waals surface area (Å²) in [5.41, 5.74) is -0.306. The Bertz CT molecular complexity index is 1120. The van der Waals surface area contributed by atoms with Crippen molar-refractivity contribution in [1.82, 2.24) is 5.32 Å². The van der Waals surface area contributed by atoms with E-state index in [1.54, 1.807) is 53.7 Å². The van der Waals surface area contributed by atoms with Crippen molar-refractivity contribution < 1.29 is 43.2 Å². The van der Waals surface area contributed by atoms with E-state index >= 15 is 0 Å². The summed E-state index contributed by atoms with van der Waals surface area (Å²) >= 11 is 0. The second kappa shape index (κ2) is 13.6. The van der Waals surface area contributed by atoms with Gasteiger partial charge in [-0.05, 0) is 64.8 Å². The topological polar surface area (TPSA) is 149 Å². The Morgan fingerprint density at radius 2 is 1.36 bits per heavy atom. The highest BCUT2D eigenvalue weighted by Crippen LogP contribution is 2.19. The van der Waals surface area contributed by atoms with Crippen LogP contribution in [0.15, 0.2) is 54.6 Å². The number of esters is 2. The van der Waals surface area contributed by atoms with Crippen molar-refractivity contribution in [3.8, 4) is 0 Å². The standard InChI is InChI=1S/C28H36N2O9/c1-27(2,3)38-23(32)21(30-26(35)39-28(4,5)6)17-37-25(34)29-20-14-12-19(13-15-20)22(31)24(33)36-16-18-10-8-7-9-11-18/h7-15,21-22,31H,16-17H2,1-6H3,(H,29,34)(H,30,35)/t21-,22?/m1/s1. The van der Waals surface area contributed by atoms with Gasteiger partial charge in [0.1, 0.15) is 24.4 Å². The Kier molecular flexibility index (Phi) is 10.9. The van der Waals surface area contributed by atoms with Crippen molar-refractivity contribution in [2.24, 2.45) is 0 Å². The van der Waals surface area contributed by atoms with E-state index in [-0.39, 0.29) is 12.2 Å². The number of benzene rings is 2. The normalized spacial score (nSPS) is 12.9. The number of rotatable bonds is 9. The first-order valence-electron chi connectivity index (χ1n) is 12.3. The predicted molar refractivity (Wildman–Crippen MR) is 142 cm³/mol. The molecule has 39 heavy (non-hydrogen) atoms. The molecular weight excluding hydrogens is 508 g/mol. The third-order valence-corrected chi connectivity index (χ3v) is 4.68. The summed E-state index contributed by atoms with van der Waals surface area (Å²) < 4.78 is 20.7. The van der Waals surface area contributed by atoms with Crippen LogP contribution in [0.3, 0.4) is 0 Å². The number of anilines is 1. The summed E-state index contributed by atoms with van der Waals surface area (Å²) in [6.07, 6.45) is -3.30. The quantitative estimate of drug-likeness (QED) is 0.311. The minimum Gasteiger partial charge on any atom is -0.459 e. The smallest absolute Gasteiger partial charge is 0.411 e. The van der Waals surface area contributed by atoms with Crippen LogP contribution in [0.2, 0.25) is 0 Å². The molecule has 212 valence electrons. The number of hydrogen-bond donors (Lipinski definition) is 3. The van der Waals surface area contributed by atoms with Crippen molar-refractivity contribution in [1.29, 1.82) is 0 Å².